The zero-order valence-corrected chi connectivity index (χ0v) is 20.8. The molecular formula is C23H32Cl2N2O7. The van der Waals surface area contributed by atoms with Gasteiger partial charge in [-0.3, -0.25) is 14.9 Å². The quantitative estimate of drug-likeness (QED) is 0.427. The van der Waals surface area contributed by atoms with Gasteiger partial charge in [-0.05, 0) is 57.3 Å². The summed E-state index contributed by atoms with van der Waals surface area (Å²) < 4.78 is 12.8. The molecule has 6 atom stereocenters. The SMILES string of the molecule is CO[C@@]12CCC(N[C@@H](CCC(=O)O)C(=O)O)C3Oc4c(O)ccc5c4[C@@]31CCN(C)[C@@H]2C5.Cl.Cl. The van der Waals surface area contributed by atoms with E-state index < -0.39 is 35.1 Å². The molecule has 4 N–H and O–H groups in total. The van der Waals surface area contributed by atoms with Crippen LogP contribution < -0.4 is 10.1 Å². The molecule has 2 fully saturated rings. The molecule has 2 unspecified atom stereocenters. The monoisotopic (exact) mass is 518 g/mol. The van der Waals surface area contributed by atoms with Crippen molar-refractivity contribution >= 4 is 36.8 Å². The highest BCUT2D eigenvalue weighted by molar-refractivity contribution is 5.85. The summed E-state index contributed by atoms with van der Waals surface area (Å²) in [5.74, 6) is -1.52. The van der Waals surface area contributed by atoms with Crippen LogP contribution in [0.25, 0.3) is 0 Å². The maximum absolute atomic E-state index is 11.9. The highest BCUT2D eigenvalue weighted by atomic mass is 35.5. The number of carboxylic acids is 2. The zero-order valence-electron chi connectivity index (χ0n) is 19.2. The van der Waals surface area contributed by atoms with Crippen LogP contribution in [0.1, 0.15) is 43.2 Å². The van der Waals surface area contributed by atoms with Crippen LogP contribution in [0, 0.1) is 0 Å². The van der Waals surface area contributed by atoms with Crippen LogP contribution >= 0.6 is 24.8 Å². The van der Waals surface area contributed by atoms with Crippen molar-refractivity contribution < 1.29 is 34.4 Å². The predicted molar refractivity (Wildman–Crippen MR) is 128 cm³/mol. The summed E-state index contributed by atoms with van der Waals surface area (Å²) in [6.45, 7) is 0.846. The summed E-state index contributed by atoms with van der Waals surface area (Å²) in [5.41, 5.74) is 1.14. The predicted octanol–water partition coefficient (Wildman–Crippen LogP) is 1.95. The summed E-state index contributed by atoms with van der Waals surface area (Å²) in [6, 6.07) is 2.49. The van der Waals surface area contributed by atoms with E-state index in [2.05, 4.69) is 17.3 Å². The van der Waals surface area contributed by atoms with Crippen molar-refractivity contribution in [1.29, 1.82) is 0 Å². The number of carboxylic acid groups (broad SMARTS) is 2. The van der Waals surface area contributed by atoms with Gasteiger partial charge in [-0.25, -0.2) is 0 Å². The van der Waals surface area contributed by atoms with Crippen LogP contribution in [-0.2, 0) is 26.2 Å². The second-order valence-corrected chi connectivity index (χ2v) is 9.64. The first-order chi connectivity index (χ1) is 15.2. The normalized spacial score (nSPS) is 33.5. The summed E-state index contributed by atoms with van der Waals surface area (Å²) >= 11 is 0. The lowest BCUT2D eigenvalue weighted by Crippen LogP contribution is -2.78. The Kier molecular flexibility index (Phi) is 7.38. The van der Waals surface area contributed by atoms with E-state index in [1.807, 2.05) is 6.07 Å². The minimum absolute atomic E-state index is 0. The maximum Gasteiger partial charge on any atom is 0.320 e. The van der Waals surface area contributed by atoms with Crippen molar-refractivity contribution in [3.05, 3.63) is 23.3 Å². The van der Waals surface area contributed by atoms with Gasteiger partial charge in [-0.2, -0.15) is 0 Å². The Balaban J connectivity index is 0.00000162. The van der Waals surface area contributed by atoms with Crippen molar-refractivity contribution in [2.45, 2.75) is 73.8 Å². The largest absolute Gasteiger partial charge is 0.504 e. The Hall–Kier alpha value is -1.78. The fraction of sp³-hybridized carbons (Fsp3) is 0.652. The number of carbonyl (C=O) groups is 2. The first kappa shape index (κ1) is 26.8. The van der Waals surface area contributed by atoms with Crippen molar-refractivity contribution in [3.63, 3.8) is 0 Å². The van der Waals surface area contributed by atoms with E-state index in [1.54, 1.807) is 13.2 Å². The molecule has 2 aliphatic carbocycles. The molecule has 2 bridgehead atoms. The lowest BCUT2D eigenvalue weighted by Gasteiger charge is -2.65. The van der Waals surface area contributed by atoms with Gasteiger partial charge >= 0.3 is 11.9 Å². The first-order valence-corrected chi connectivity index (χ1v) is 11.2. The van der Waals surface area contributed by atoms with E-state index in [0.717, 1.165) is 36.9 Å². The number of aromatic hydroxyl groups is 1. The smallest absolute Gasteiger partial charge is 0.320 e. The molecule has 2 aliphatic heterocycles. The summed E-state index contributed by atoms with van der Waals surface area (Å²) in [6.07, 6.45) is 2.27. The molecule has 1 saturated carbocycles. The molecule has 1 aromatic rings. The lowest BCUT2D eigenvalue weighted by atomic mass is 9.48. The number of hydrogen-bond acceptors (Lipinski definition) is 7. The third-order valence-corrected chi connectivity index (χ3v) is 8.41. The number of nitrogens with one attached hydrogen (secondary N) is 1. The number of phenols is 1. The van der Waals surface area contributed by atoms with Gasteiger partial charge in [0.2, 0.25) is 0 Å². The number of aliphatic carboxylic acids is 2. The number of likely N-dealkylation sites (tertiary alicyclic amines) is 1. The minimum atomic E-state index is -1.07. The Morgan fingerprint density at radius 2 is 2.03 bits per heavy atom. The van der Waals surface area contributed by atoms with Gasteiger partial charge in [-0.15, -0.1) is 24.8 Å². The minimum Gasteiger partial charge on any atom is -0.504 e. The number of piperidine rings is 1. The van der Waals surface area contributed by atoms with Gasteiger partial charge < -0.3 is 29.7 Å². The number of ether oxygens (including phenoxy) is 2. The average molecular weight is 519 g/mol. The molecule has 11 heteroatoms. The van der Waals surface area contributed by atoms with Crippen molar-refractivity contribution in [1.82, 2.24) is 10.2 Å². The number of phenolic OH excluding ortho intramolecular Hbond substituents is 1. The molecule has 0 amide bonds. The molecule has 9 nitrogen and oxygen atoms in total. The Morgan fingerprint density at radius 3 is 2.68 bits per heavy atom. The van der Waals surface area contributed by atoms with Crippen LogP contribution in [0.4, 0.5) is 0 Å². The second kappa shape index (κ2) is 9.35. The standard InChI is InChI=1S/C23H30N2O7.2ClH/c1-25-10-9-22-18-12-3-5-15(26)19(18)32-20(22)13(7-8-23(22,31-2)16(25)11-12)24-14(21(29)30)4-6-17(27)28;;/h3,5,13-14,16,20,24,26H,4,6-11H2,1-2H3,(H,27,28)(H,29,30);2*1H/t13?,14-,16+,20?,22-,23+;;/m0../s1. The number of halogens is 2. The van der Waals surface area contributed by atoms with E-state index >= 15 is 0 Å². The van der Waals surface area contributed by atoms with Crippen LogP contribution in [0.15, 0.2) is 12.1 Å². The fourth-order valence-corrected chi connectivity index (χ4v) is 7.11. The molecule has 1 aromatic carbocycles. The maximum atomic E-state index is 11.9. The molecule has 1 saturated heterocycles. The molecule has 190 valence electrons. The third-order valence-electron chi connectivity index (χ3n) is 8.41. The van der Waals surface area contributed by atoms with Gasteiger partial charge in [0.15, 0.2) is 11.5 Å². The topological polar surface area (TPSA) is 129 Å². The molecular weight excluding hydrogens is 487 g/mol. The van der Waals surface area contributed by atoms with Crippen LogP contribution in [0.5, 0.6) is 11.5 Å². The van der Waals surface area contributed by atoms with Crippen LogP contribution in [0.3, 0.4) is 0 Å². The van der Waals surface area contributed by atoms with E-state index in [4.69, 9.17) is 14.6 Å². The van der Waals surface area contributed by atoms with Gasteiger partial charge in [0.25, 0.3) is 0 Å². The first-order valence-electron chi connectivity index (χ1n) is 11.2. The van der Waals surface area contributed by atoms with Crippen molar-refractivity contribution in [2.75, 3.05) is 20.7 Å². The average Bonchev–Trinajstić information content (AvgIpc) is 3.11. The van der Waals surface area contributed by atoms with E-state index in [-0.39, 0.29) is 55.5 Å². The number of rotatable bonds is 7. The summed E-state index contributed by atoms with van der Waals surface area (Å²) in [7, 11) is 3.86. The number of likely N-dealkylation sites (N-methyl/N-ethyl adjacent to an activating group) is 1. The van der Waals surface area contributed by atoms with Gasteiger partial charge in [-0.1, -0.05) is 6.07 Å². The molecule has 5 rings (SSSR count). The second-order valence-electron chi connectivity index (χ2n) is 9.64. The number of benzene rings is 1. The zero-order chi connectivity index (χ0) is 22.8. The fourth-order valence-electron chi connectivity index (χ4n) is 7.11. The number of nitrogens with zero attached hydrogens (tertiary/aromatic N) is 1. The molecule has 1 spiro atoms. The number of methoxy groups -OCH3 is 1. The van der Waals surface area contributed by atoms with Crippen LogP contribution in [0.2, 0.25) is 0 Å². The van der Waals surface area contributed by atoms with Gasteiger partial charge in [0, 0.05) is 31.2 Å². The Morgan fingerprint density at radius 1 is 1.29 bits per heavy atom. The van der Waals surface area contributed by atoms with E-state index in [9.17, 15) is 19.8 Å². The molecule has 0 radical (unpaired) electrons. The van der Waals surface area contributed by atoms with E-state index in [1.165, 1.54) is 0 Å². The highest BCUT2D eigenvalue weighted by Crippen LogP contribution is 2.66. The Bertz CT molecular complexity index is 979. The van der Waals surface area contributed by atoms with Gasteiger partial charge in [0.05, 0.1) is 11.0 Å². The molecule has 2 heterocycles. The van der Waals surface area contributed by atoms with Gasteiger partial charge in [0.1, 0.15) is 12.1 Å². The molecule has 4 aliphatic rings. The summed E-state index contributed by atoms with van der Waals surface area (Å²) in [5, 5.41) is 32.6. The highest BCUT2D eigenvalue weighted by Gasteiger charge is 2.73. The van der Waals surface area contributed by atoms with Crippen molar-refractivity contribution in [2.24, 2.45) is 0 Å². The van der Waals surface area contributed by atoms with Crippen molar-refractivity contribution in [3.8, 4) is 11.5 Å². The third kappa shape index (κ3) is 3.47. The van der Waals surface area contributed by atoms with E-state index in [0.29, 0.717) is 12.2 Å². The lowest BCUT2D eigenvalue weighted by molar-refractivity contribution is -0.204. The molecule has 34 heavy (non-hydrogen) atoms. The Labute approximate surface area is 210 Å². The van der Waals surface area contributed by atoms with Crippen LogP contribution in [-0.4, -0.2) is 82.7 Å². The number of hydrogen-bond donors (Lipinski definition) is 4. The molecule has 0 aromatic heterocycles. The summed E-state index contributed by atoms with van der Waals surface area (Å²) in [4.78, 5) is 25.3.